The van der Waals surface area contributed by atoms with Gasteiger partial charge < -0.3 is 15.4 Å². The van der Waals surface area contributed by atoms with E-state index in [1.165, 1.54) is 5.56 Å². The van der Waals surface area contributed by atoms with Gasteiger partial charge in [0.25, 0.3) is 5.91 Å². The van der Waals surface area contributed by atoms with Crippen LogP contribution in [-0.4, -0.2) is 26.1 Å². The standard InChI is InChI=1S/C21H24Cl2N2O2/c1-3-7-25-21(26)16-12-15-14(11-20(16)27-2)6-8-24-19(15)10-13-4-5-17(22)18(23)9-13/h4-5,9,11-12,19,24H,3,6-8,10H2,1-2H3,(H,25,26). The highest BCUT2D eigenvalue weighted by atomic mass is 35.5. The van der Waals surface area contributed by atoms with Crippen molar-refractivity contribution in [3.8, 4) is 5.75 Å². The van der Waals surface area contributed by atoms with Crippen LogP contribution in [0.2, 0.25) is 10.0 Å². The first-order chi connectivity index (χ1) is 13.0. The lowest BCUT2D eigenvalue weighted by atomic mass is 9.88. The molecule has 2 aromatic rings. The average molecular weight is 407 g/mol. The van der Waals surface area contributed by atoms with Crippen molar-refractivity contribution in [1.82, 2.24) is 10.6 Å². The minimum absolute atomic E-state index is 0.102. The fourth-order valence-corrected chi connectivity index (χ4v) is 3.76. The van der Waals surface area contributed by atoms with Crippen molar-refractivity contribution in [1.29, 1.82) is 0 Å². The Morgan fingerprint density at radius 3 is 2.78 bits per heavy atom. The summed E-state index contributed by atoms with van der Waals surface area (Å²) in [5, 5.41) is 7.60. The van der Waals surface area contributed by atoms with E-state index >= 15 is 0 Å². The molecule has 0 fully saturated rings. The molecule has 0 radical (unpaired) electrons. The van der Waals surface area contributed by atoms with Crippen molar-refractivity contribution in [2.24, 2.45) is 0 Å². The SMILES string of the molecule is CCCNC(=O)c1cc2c(cc1OC)CCNC2Cc1ccc(Cl)c(Cl)c1. The van der Waals surface area contributed by atoms with E-state index in [-0.39, 0.29) is 11.9 Å². The van der Waals surface area contributed by atoms with Crippen molar-refractivity contribution in [3.63, 3.8) is 0 Å². The van der Waals surface area contributed by atoms with E-state index in [9.17, 15) is 4.79 Å². The van der Waals surface area contributed by atoms with Crippen LogP contribution >= 0.6 is 23.2 Å². The van der Waals surface area contributed by atoms with E-state index in [1.54, 1.807) is 7.11 Å². The van der Waals surface area contributed by atoms with Crippen LogP contribution in [0.3, 0.4) is 0 Å². The lowest BCUT2D eigenvalue weighted by Crippen LogP contribution is -2.32. The molecule has 0 aromatic heterocycles. The van der Waals surface area contributed by atoms with Gasteiger partial charge in [-0.1, -0.05) is 36.2 Å². The number of hydrogen-bond donors (Lipinski definition) is 2. The Balaban J connectivity index is 1.92. The number of ether oxygens (including phenoxy) is 1. The first kappa shape index (κ1) is 20.0. The van der Waals surface area contributed by atoms with Gasteiger partial charge in [-0.15, -0.1) is 0 Å². The Morgan fingerprint density at radius 1 is 1.26 bits per heavy atom. The van der Waals surface area contributed by atoms with Gasteiger partial charge in [0.1, 0.15) is 5.75 Å². The van der Waals surface area contributed by atoms with Gasteiger partial charge in [0.15, 0.2) is 0 Å². The van der Waals surface area contributed by atoms with Crippen molar-refractivity contribution < 1.29 is 9.53 Å². The monoisotopic (exact) mass is 406 g/mol. The topological polar surface area (TPSA) is 50.4 Å². The Labute approximate surface area is 170 Å². The van der Waals surface area contributed by atoms with E-state index in [1.807, 2.05) is 37.3 Å². The van der Waals surface area contributed by atoms with E-state index in [4.69, 9.17) is 27.9 Å². The number of methoxy groups -OCH3 is 1. The molecule has 4 nitrogen and oxygen atoms in total. The number of benzene rings is 2. The number of hydrogen-bond acceptors (Lipinski definition) is 3. The van der Waals surface area contributed by atoms with Crippen molar-refractivity contribution >= 4 is 29.1 Å². The maximum absolute atomic E-state index is 12.6. The molecule has 1 heterocycles. The second-order valence-electron chi connectivity index (χ2n) is 6.72. The van der Waals surface area contributed by atoms with Gasteiger partial charge in [-0.05, 0) is 66.8 Å². The molecular weight excluding hydrogens is 383 g/mol. The molecule has 3 rings (SSSR count). The fraction of sp³-hybridized carbons (Fsp3) is 0.381. The van der Waals surface area contributed by atoms with Crippen molar-refractivity contribution in [2.75, 3.05) is 20.2 Å². The van der Waals surface area contributed by atoms with Crippen LogP contribution in [0.15, 0.2) is 30.3 Å². The van der Waals surface area contributed by atoms with E-state index in [0.717, 1.165) is 36.9 Å². The van der Waals surface area contributed by atoms with Crippen LogP contribution < -0.4 is 15.4 Å². The number of fused-ring (bicyclic) bond motifs is 1. The molecule has 6 heteroatoms. The van der Waals surface area contributed by atoms with E-state index in [2.05, 4.69) is 10.6 Å². The Bertz CT molecular complexity index is 839. The molecule has 1 unspecified atom stereocenters. The number of carbonyl (C=O) groups is 1. The minimum Gasteiger partial charge on any atom is -0.496 e. The van der Waals surface area contributed by atoms with Crippen molar-refractivity contribution in [3.05, 3.63) is 62.6 Å². The second-order valence-corrected chi connectivity index (χ2v) is 7.53. The zero-order valence-electron chi connectivity index (χ0n) is 15.6. The highest BCUT2D eigenvalue weighted by Gasteiger charge is 2.24. The summed E-state index contributed by atoms with van der Waals surface area (Å²) in [4.78, 5) is 12.6. The Kier molecular flexibility index (Phi) is 6.64. The van der Waals surface area contributed by atoms with Gasteiger partial charge >= 0.3 is 0 Å². The summed E-state index contributed by atoms with van der Waals surface area (Å²) >= 11 is 12.2. The first-order valence-electron chi connectivity index (χ1n) is 9.19. The zero-order chi connectivity index (χ0) is 19.4. The van der Waals surface area contributed by atoms with Gasteiger partial charge in [0, 0.05) is 12.6 Å². The van der Waals surface area contributed by atoms with Crippen LogP contribution in [0.4, 0.5) is 0 Å². The molecule has 0 saturated heterocycles. The summed E-state index contributed by atoms with van der Waals surface area (Å²) in [5.41, 5.74) is 4.02. The molecular formula is C21H24Cl2N2O2. The third kappa shape index (κ3) is 4.57. The van der Waals surface area contributed by atoms with E-state index in [0.29, 0.717) is 27.9 Å². The third-order valence-corrected chi connectivity index (χ3v) is 5.56. The molecule has 1 amide bonds. The molecule has 1 aliphatic heterocycles. The molecule has 0 aliphatic carbocycles. The Morgan fingerprint density at radius 2 is 2.07 bits per heavy atom. The first-order valence-corrected chi connectivity index (χ1v) is 9.95. The lowest BCUT2D eigenvalue weighted by Gasteiger charge is -2.28. The van der Waals surface area contributed by atoms with Crippen molar-refractivity contribution in [2.45, 2.75) is 32.2 Å². The van der Waals surface area contributed by atoms with Crippen LogP contribution in [0, 0.1) is 0 Å². The van der Waals surface area contributed by atoms with Gasteiger partial charge in [-0.3, -0.25) is 4.79 Å². The molecule has 1 aliphatic rings. The lowest BCUT2D eigenvalue weighted by molar-refractivity contribution is 0.0950. The molecule has 0 saturated carbocycles. The molecule has 0 spiro atoms. The smallest absolute Gasteiger partial charge is 0.255 e. The average Bonchev–Trinajstić information content (AvgIpc) is 2.68. The molecule has 27 heavy (non-hydrogen) atoms. The summed E-state index contributed by atoms with van der Waals surface area (Å²) in [6.45, 7) is 3.55. The zero-order valence-corrected chi connectivity index (χ0v) is 17.1. The van der Waals surface area contributed by atoms with Crippen LogP contribution in [0.1, 0.15) is 46.4 Å². The second kappa shape index (κ2) is 8.96. The number of rotatable bonds is 6. The number of carbonyl (C=O) groups excluding carboxylic acids is 1. The summed E-state index contributed by atoms with van der Waals surface area (Å²) in [6.07, 6.45) is 2.56. The summed E-state index contributed by atoms with van der Waals surface area (Å²) < 4.78 is 5.48. The number of amides is 1. The molecule has 0 bridgehead atoms. The van der Waals surface area contributed by atoms with Gasteiger partial charge in [-0.2, -0.15) is 0 Å². The van der Waals surface area contributed by atoms with E-state index < -0.39 is 0 Å². The highest BCUT2D eigenvalue weighted by Crippen LogP contribution is 2.33. The molecule has 144 valence electrons. The maximum atomic E-state index is 12.6. The van der Waals surface area contributed by atoms with Gasteiger partial charge in [0.05, 0.1) is 22.7 Å². The predicted octanol–water partition coefficient (Wildman–Crippen LogP) is 4.57. The van der Waals surface area contributed by atoms with Gasteiger partial charge in [0.2, 0.25) is 0 Å². The summed E-state index contributed by atoms with van der Waals surface area (Å²) in [5.74, 6) is 0.521. The van der Waals surface area contributed by atoms with Crippen LogP contribution in [0.5, 0.6) is 5.75 Å². The summed E-state index contributed by atoms with van der Waals surface area (Å²) in [6, 6.07) is 9.78. The van der Waals surface area contributed by atoms with Crippen LogP contribution in [-0.2, 0) is 12.8 Å². The molecule has 2 N–H and O–H groups in total. The number of halogens is 2. The quantitative estimate of drug-likeness (QED) is 0.738. The fourth-order valence-electron chi connectivity index (χ4n) is 3.44. The third-order valence-electron chi connectivity index (χ3n) is 4.83. The predicted molar refractivity (Wildman–Crippen MR) is 110 cm³/mol. The Hall–Kier alpha value is -1.75. The molecule has 2 aromatic carbocycles. The highest BCUT2D eigenvalue weighted by molar-refractivity contribution is 6.42. The van der Waals surface area contributed by atoms with Gasteiger partial charge in [-0.25, -0.2) is 0 Å². The largest absolute Gasteiger partial charge is 0.496 e. The number of nitrogens with one attached hydrogen (secondary N) is 2. The normalized spacial score (nSPS) is 15.9. The van der Waals surface area contributed by atoms with Crippen LogP contribution in [0.25, 0.3) is 0 Å². The molecule has 1 atom stereocenters. The summed E-state index contributed by atoms with van der Waals surface area (Å²) in [7, 11) is 1.60. The maximum Gasteiger partial charge on any atom is 0.255 e. The minimum atomic E-state index is -0.102.